The predicted octanol–water partition coefficient (Wildman–Crippen LogP) is 6.42. The fourth-order valence-corrected chi connectivity index (χ4v) is 2.79. The summed E-state index contributed by atoms with van der Waals surface area (Å²) in [7, 11) is 0. The number of halogens is 2. The molecule has 0 aliphatic heterocycles. The van der Waals surface area contributed by atoms with Gasteiger partial charge in [-0.25, -0.2) is 0 Å². The van der Waals surface area contributed by atoms with E-state index >= 15 is 0 Å². The molecule has 0 atom stereocenters. The van der Waals surface area contributed by atoms with Crippen LogP contribution in [0.5, 0.6) is 11.5 Å². The highest BCUT2D eigenvalue weighted by Crippen LogP contribution is 2.29. The Morgan fingerprint density at radius 1 is 0.893 bits per heavy atom. The molecule has 0 aromatic heterocycles. The molecule has 0 fully saturated rings. The molecule has 144 valence electrons. The Labute approximate surface area is 174 Å². The van der Waals surface area contributed by atoms with Crippen LogP contribution < -0.4 is 14.9 Å². The lowest BCUT2D eigenvalue weighted by molar-refractivity contribution is 0.269. The van der Waals surface area contributed by atoms with Gasteiger partial charge in [-0.15, -0.1) is 0 Å². The Morgan fingerprint density at radius 2 is 1.71 bits per heavy atom. The lowest BCUT2D eigenvalue weighted by atomic mass is 10.2. The third kappa shape index (κ3) is 5.91. The number of hydrazone groups is 1. The monoisotopic (exact) mass is 414 g/mol. The minimum atomic E-state index is 0.432. The molecule has 4 nitrogen and oxygen atoms in total. The van der Waals surface area contributed by atoms with Crippen molar-refractivity contribution in [2.75, 3.05) is 12.0 Å². The van der Waals surface area contributed by atoms with Crippen LogP contribution in [0.3, 0.4) is 0 Å². The van der Waals surface area contributed by atoms with Gasteiger partial charge in [-0.1, -0.05) is 41.4 Å². The Bertz CT molecular complexity index is 944. The summed E-state index contributed by atoms with van der Waals surface area (Å²) in [6, 6.07) is 20.6. The van der Waals surface area contributed by atoms with Crippen molar-refractivity contribution in [3.8, 4) is 11.5 Å². The van der Waals surface area contributed by atoms with Gasteiger partial charge >= 0.3 is 0 Å². The standard InChI is InChI=1S/C22H20Cl2N2O2/c1-2-27-22-12-17(14-25-26-20-5-3-4-19(24)13-20)8-11-21(22)28-15-16-6-9-18(23)10-7-16/h3-14,26H,2,15H2,1H3. The van der Waals surface area contributed by atoms with Gasteiger partial charge in [0.05, 0.1) is 18.5 Å². The molecule has 0 aliphatic rings. The van der Waals surface area contributed by atoms with E-state index in [-0.39, 0.29) is 0 Å². The van der Waals surface area contributed by atoms with Gasteiger partial charge < -0.3 is 9.47 Å². The van der Waals surface area contributed by atoms with E-state index in [2.05, 4.69) is 10.5 Å². The summed E-state index contributed by atoms with van der Waals surface area (Å²) in [5, 5.41) is 5.60. The largest absolute Gasteiger partial charge is 0.490 e. The summed E-state index contributed by atoms with van der Waals surface area (Å²) in [5.74, 6) is 1.35. The van der Waals surface area contributed by atoms with Crippen molar-refractivity contribution in [3.05, 3.63) is 87.9 Å². The molecule has 3 aromatic carbocycles. The van der Waals surface area contributed by atoms with Crippen molar-refractivity contribution in [1.82, 2.24) is 0 Å². The van der Waals surface area contributed by atoms with Crippen LogP contribution in [0.15, 0.2) is 71.8 Å². The van der Waals surface area contributed by atoms with Crippen molar-refractivity contribution in [2.45, 2.75) is 13.5 Å². The Balaban J connectivity index is 1.67. The Morgan fingerprint density at radius 3 is 2.46 bits per heavy atom. The van der Waals surface area contributed by atoms with Crippen LogP contribution in [-0.2, 0) is 6.61 Å². The molecule has 6 heteroatoms. The van der Waals surface area contributed by atoms with Gasteiger partial charge in [0.2, 0.25) is 0 Å². The number of nitrogens with zero attached hydrogens (tertiary/aromatic N) is 1. The second kappa shape index (κ2) is 10.0. The van der Waals surface area contributed by atoms with Crippen LogP contribution in [0.1, 0.15) is 18.1 Å². The minimum Gasteiger partial charge on any atom is -0.490 e. The first kappa shape index (κ1) is 20.1. The molecule has 3 rings (SSSR count). The van der Waals surface area contributed by atoms with E-state index < -0.39 is 0 Å². The fourth-order valence-electron chi connectivity index (χ4n) is 2.47. The number of anilines is 1. The van der Waals surface area contributed by atoms with Crippen molar-refractivity contribution < 1.29 is 9.47 Å². The topological polar surface area (TPSA) is 42.8 Å². The molecule has 0 aliphatic carbocycles. The van der Waals surface area contributed by atoms with Gasteiger partial charge in [0.25, 0.3) is 0 Å². The van der Waals surface area contributed by atoms with E-state index in [9.17, 15) is 0 Å². The average molecular weight is 415 g/mol. The number of rotatable bonds is 8. The molecule has 1 N–H and O–H groups in total. The van der Waals surface area contributed by atoms with Crippen LogP contribution in [0.2, 0.25) is 10.0 Å². The lowest BCUT2D eigenvalue weighted by Crippen LogP contribution is -2.00. The van der Waals surface area contributed by atoms with Crippen LogP contribution in [0.25, 0.3) is 0 Å². The molecule has 3 aromatic rings. The molecular weight excluding hydrogens is 395 g/mol. The molecule has 28 heavy (non-hydrogen) atoms. The van der Waals surface area contributed by atoms with Crippen LogP contribution in [0, 0.1) is 0 Å². The maximum atomic E-state index is 5.97. The Hall–Kier alpha value is -2.69. The summed E-state index contributed by atoms with van der Waals surface area (Å²) in [6.45, 7) is 2.91. The van der Waals surface area contributed by atoms with Gasteiger partial charge in [0.15, 0.2) is 11.5 Å². The summed E-state index contributed by atoms with van der Waals surface area (Å²) in [5.41, 5.74) is 5.69. The summed E-state index contributed by atoms with van der Waals surface area (Å²) < 4.78 is 11.6. The fraction of sp³-hybridized carbons (Fsp3) is 0.136. The van der Waals surface area contributed by atoms with Crippen molar-refractivity contribution in [3.63, 3.8) is 0 Å². The highest BCUT2D eigenvalue weighted by atomic mass is 35.5. The normalized spacial score (nSPS) is 10.8. The van der Waals surface area contributed by atoms with E-state index in [0.717, 1.165) is 16.8 Å². The zero-order chi connectivity index (χ0) is 19.8. The first-order chi connectivity index (χ1) is 13.6. The summed E-state index contributed by atoms with van der Waals surface area (Å²) in [4.78, 5) is 0. The molecule has 0 spiro atoms. The highest BCUT2D eigenvalue weighted by molar-refractivity contribution is 6.31. The number of nitrogens with one attached hydrogen (secondary N) is 1. The second-order valence-electron chi connectivity index (χ2n) is 5.93. The highest BCUT2D eigenvalue weighted by Gasteiger charge is 2.06. The second-order valence-corrected chi connectivity index (χ2v) is 6.81. The predicted molar refractivity (Wildman–Crippen MR) is 116 cm³/mol. The maximum absolute atomic E-state index is 5.97. The van der Waals surface area contributed by atoms with Gasteiger partial charge in [-0.05, 0) is 66.6 Å². The molecule has 0 bridgehead atoms. The molecule has 0 radical (unpaired) electrons. The molecule has 0 saturated carbocycles. The van der Waals surface area contributed by atoms with Crippen molar-refractivity contribution in [1.29, 1.82) is 0 Å². The van der Waals surface area contributed by atoms with Crippen LogP contribution in [-0.4, -0.2) is 12.8 Å². The summed E-state index contributed by atoms with van der Waals surface area (Å²) >= 11 is 11.9. The molecular formula is C22H20Cl2N2O2. The van der Waals surface area contributed by atoms with Crippen LogP contribution >= 0.6 is 23.2 Å². The van der Waals surface area contributed by atoms with E-state index in [1.165, 1.54) is 0 Å². The van der Waals surface area contributed by atoms with E-state index in [0.29, 0.717) is 34.8 Å². The van der Waals surface area contributed by atoms with Gasteiger partial charge in [0.1, 0.15) is 6.61 Å². The van der Waals surface area contributed by atoms with Gasteiger partial charge in [-0.2, -0.15) is 5.10 Å². The SMILES string of the molecule is CCOc1cc(C=NNc2cccc(Cl)c2)ccc1OCc1ccc(Cl)cc1. The quantitative estimate of drug-likeness (QED) is 0.341. The zero-order valence-corrected chi connectivity index (χ0v) is 16.9. The first-order valence-electron chi connectivity index (χ1n) is 8.83. The minimum absolute atomic E-state index is 0.432. The zero-order valence-electron chi connectivity index (χ0n) is 15.4. The van der Waals surface area contributed by atoms with E-state index in [4.69, 9.17) is 32.7 Å². The third-order valence-corrected chi connectivity index (χ3v) is 4.29. The van der Waals surface area contributed by atoms with E-state index in [1.54, 1.807) is 12.3 Å². The summed E-state index contributed by atoms with van der Waals surface area (Å²) in [6.07, 6.45) is 1.71. The van der Waals surface area contributed by atoms with Gasteiger partial charge in [0, 0.05) is 10.0 Å². The molecule has 0 heterocycles. The lowest BCUT2D eigenvalue weighted by Gasteiger charge is -2.12. The van der Waals surface area contributed by atoms with Gasteiger partial charge in [-0.3, -0.25) is 5.43 Å². The number of ether oxygens (including phenoxy) is 2. The average Bonchev–Trinajstić information content (AvgIpc) is 2.69. The molecule has 0 unspecified atom stereocenters. The number of hydrogen-bond donors (Lipinski definition) is 1. The van der Waals surface area contributed by atoms with E-state index in [1.807, 2.05) is 67.6 Å². The van der Waals surface area contributed by atoms with Crippen LogP contribution in [0.4, 0.5) is 5.69 Å². The Kier molecular flexibility index (Phi) is 7.18. The third-order valence-electron chi connectivity index (χ3n) is 3.81. The number of benzene rings is 3. The van der Waals surface area contributed by atoms with Crippen molar-refractivity contribution >= 4 is 35.1 Å². The first-order valence-corrected chi connectivity index (χ1v) is 9.58. The smallest absolute Gasteiger partial charge is 0.161 e. The van der Waals surface area contributed by atoms with Crippen molar-refractivity contribution in [2.24, 2.45) is 5.10 Å². The maximum Gasteiger partial charge on any atom is 0.161 e. The molecule has 0 amide bonds. The number of hydrogen-bond acceptors (Lipinski definition) is 4. The molecule has 0 saturated heterocycles.